The fourth-order valence-corrected chi connectivity index (χ4v) is 10.5. The van der Waals surface area contributed by atoms with E-state index >= 15 is 0 Å². The highest BCUT2D eigenvalue weighted by molar-refractivity contribution is 6.22. The molecule has 0 radical (unpaired) electrons. The Balaban J connectivity index is 1.23. The molecular weight excluding hydrogens is 845 g/mol. The summed E-state index contributed by atoms with van der Waals surface area (Å²) in [4.78, 5) is 4.85. The third-order valence-electron chi connectivity index (χ3n) is 13.7. The Morgan fingerprint density at radius 2 is 0.500 bits per heavy atom. The fourth-order valence-electron chi connectivity index (χ4n) is 10.5. The number of fused-ring (bicyclic) bond motifs is 2. The lowest BCUT2D eigenvalue weighted by atomic mass is 9.84. The van der Waals surface area contributed by atoms with Crippen LogP contribution in [0, 0.1) is 41.5 Å². The highest BCUT2D eigenvalue weighted by Crippen LogP contribution is 2.49. The van der Waals surface area contributed by atoms with E-state index in [0.29, 0.717) is 0 Å². The number of hydrogen-bond donors (Lipinski definition) is 0. The summed E-state index contributed by atoms with van der Waals surface area (Å²) in [5.74, 6) is 0. The Bertz CT molecular complexity index is 3380. The van der Waals surface area contributed by atoms with E-state index in [1.165, 1.54) is 99.4 Å². The molecule has 0 aliphatic rings. The zero-order chi connectivity index (χ0) is 47.9. The SMILES string of the molecule is Cc1ccc(N(c2cc(C)cc(C)c2)c2ccc3c(-c4ccc(-c5ccccc5)cc4)c4cc(N(c5ccc(C)cc5)c5cc(C)cc(C)c5)ccc4c(-c4ccc(-c5ccccc5)cc4)c3c2)cc1. The van der Waals surface area contributed by atoms with E-state index in [2.05, 4.69) is 282 Å². The van der Waals surface area contributed by atoms with Crippen molar-refractivity contribution >= 4 is 55.7 Å². The van der Waals surface area contributed by atoms with Gasteiger partial charge in [-0.2, -0.15) is 0 Å². The Morgan fingerprint density at radius 3 is 0.843 bits per heavy atom. The summed E-state index contributed by atoms with van der Waals surface area (Å²) in [6.07, 6.45) is 0. The second-order valence-corrected chi connectivity index (χ2v) is 19.1. The monoisotopic (exact) mass is 900 g/mol. The van der Waals surface area contributed by atoms with Gasteiger partial charge >= 0.3 is 0 Å². The van der Waals surface area contributed by atoms with E-state index in [1.54, 1.807) is 0 Å². The molecule has 11 aromatic carbocycles. The lowest BCUT2D eigenvalue weighted by Crippen LogP contribution is -2.11. The molecule has 0 atom stereocenters. The Morgan fingerprint density at radius 1 is 0.200 bits per heavy atom. The Kier molecular flexibility index (Phi) is 11.7. The number of nitrogens with zero attached hydrogens (tertiary/aromatic N) is 2. The molecule has 0 spiro atoms. The van der Waals surface area contributed by atoms with Gasteiger partial charge in [0.1, 0.15) is 0 Å². The summed E-state index contributed by atoms with van der Waals surface area (Å²) in [6.45, 7) is 13.1. The van der Waals surface area contributed by atoms with Crippen molar-refractivity contribution < 1.29 is 0 Å². The average Bonchev–Trinajstić information content (AvgIpc) is 3.37. The first kappa shape index (κ1) is 44.1. The predicted molar refractivity (Wildman–Crippen MR) is 301 cm³/mol. The molecule has 0 heterocycles. The van der Waals surface area contributed by atoms with E-state index in [9.17, 15) is 0 Å². The molecule has 2 nitrogen and oxygen atoms in total. The summed E-state index contributed by atoms with van der Waals surface area (Å²) >= 11 is 0. The molecular formula is C68H56N2. The number of rotatable bonds is 10. The van der Waals surface area contributed by atoms with Crippen LogP contribution in [-0.2, 0) is 0 Å². The van der Waals surface area contributed by atoms with E-state index in [1.807, 2.05) is 0 Å². The molecule has 0 bridgehead atoms. The van der Waals surface area contributed by atoms with Crippen LogP contribution in [0.1, 0.15) is 33.4 Å². The molecule has 0 aliphatic carbocycles. The molecule has 0 amide bonds. The molecule has 0 saturated heterocycles. The van der Waals surface area contributed by atoms with Gasteiger partial charge in [0, 0.05) is 34.1 Å². The maximum absolute atomic E-state index is 2.44. The van der Waals surface area contributed by atoms with Crippen LogP contribution >= 0.6 is 0 Å². The van der Waals surface area contributed by atoms with Crippen LogP contribution in [0.3, 0.4) is 0 Å². The normalized spacial score (nSPS) is 11.3. The van der Waals surface area contributed by atoms with Crippen LogP contribution in [-0.4, -0.2) is 0 Å². The predicted octanol–water partition coefficient (Wildman–Crippen LogP) is 19.5. The summed E-state index contributed by atoms with van der Waals surface area (Å²) in [7, 11) is 0. The molecule has 70 heavy (non-hydrogen) atoms. The van der Waals surface area contributed by atoms with Crippen molar-refractivity contribution in [3.63, 3.8) is 0 Å². The first-order chi connectivity index (χ1) is 34.1. The first-order valence-corrected chi connectivity index (χ1v) is 24.4. The van der Waals surface area contributed by atoms with Gasteiger partial charge in [-0.15, -0.1) is 0 Å². The topological polar surface area (TPSA) is 6.48 Å². The highest BCUT2D eigenvalue weighted by atomic mass is 15.1. The Labute approximate surface area is 413 Å². The second-order valence-electron chi connectivity index (χ2n) is 19.1. The minimum atomic E-state index is 1.10. The van der Waals surface area contributed by atoms with Gasteiger partial charge in [0.05, 0.1) is 0 Å². The lowest BCUT2D eigenvalue weighted by molar-refractivity contribution is 1.25. The van der Waals surface area contributed by atoms with Crippen LogP contribution in [0.4, 0.5) is 34.1 Å². The van der Waals surface area contributed by atoms with E-state index in [-0.39, 0.29) is 0 Å². The molecule has 0 N–H and O–H groups in total. The molecule has 0 saturated carbocycles. The molecule has 2 heteroatoms. The minimum absolute atomic E-state index is 1.10. The van der Waals surface area contributed by atoms with Crippen LogP contribution in [0.15, 0.2) is 231 Å². The molecule has 11 aromatic rings. The van der Waals surface area contributed by atoms with Crippen LogP contribution in [0.25, 0.3) is 66.1 Å². The Hall–Kier alpha value is -8.46. The van der Waals surface area contributed by atoms with Crippen molar-refractivity contribution in [3.05, 3.63) is 264 Å². The molecule has 338 valence electrons. The lowest BCUT2D eigenvalue weighted by Gasteiger charge is -2.29. The van der Waals surface area contributed by atoms with Crippen LogP contribution in [0.2, 0.25) is 0 Å². The summed E-state index contributed by atoms with van der Waals surface area (Å²) in [5.41, 5.74) is 23.7. The minimum Gasteiger partial charge on any atom is -0.310 e. The van der Waals surface area contributed by atoms with E-state index < -0.39 is 0 Å². The van der Waals surface area contributed by atoms with Gasteiger partial charge in [-0.3, -0.25) is 0 Å². The van der Waals surface area contributed by atoms with Gasteiger partial charge in [0.2, 0.25) is 0 Å². The molecule has 0 fully saturated rings. The fraction of sp³-hybridized carbons (Fsp3) is 0.0882. The summed E-state index contributed by atoms with van der Waals surface area (Å²) < 4.78 is 0. The smallest absolute Gasteiger partial charge is 0.0468 e. The van der Waals surface area contributed by atoms with Crippen molar-refractivity contribution in [1.29, 1.82) is 0 Å². The largest absolute Gasteiger partial charge is 0.310 e. The first-order valence-electron chi connectivity index (χ1n) is 24.4. The zero-order valence-electron chi connectivity index (χ0n) is 40.8. The number of anilines is 6. The zero-order valence-corrected chi connectivity index (χ0v) is 40.8. The van der Waals surface area contributed by atoms with Crippen LogP contribution < -0.4 is 9.80 Å². The average molecular weight is 901 g/mol. The van der Waals surface area contributed by atoms with Gasteiger partial charge < -0.3 is 9.80 Å². The molecule has 0 aliphatic heterocycles. The number of aryl methyl sites for hydroxylation is 6. The molecule has 11 rings (SSSR count). The van der Waals surface area contributed by atoms with Gasteiger partial charge in [-0.05, 0) is 203 Å². The maximum Gasteiger partial charge on any atom is 0.0468 e. The molecule has 0 unspecified atom stereocenters. The third-order valence-corrected chi connectivity index (χ3v) is 13.7. The van der Waals surface area contributed by atoms with Crippen molar-refractivity contribution in [2.75, 3.05) is 9.80 Å². The van der Waals surface area contributed by atoms with Gasteiger partial charge in [-0.1, -0.05) is 169 Å². The van der Waals surface area contributed by atoms with E-state index in [0.717, 1.165) is 34.1 Å². The van der Waals surface area contributed by atoms with Crippen molar-refractivity contribution in [2.45, 2.75) is 41.5 Å². The maximum atomic E-state index is 2.44. The highest BCUT2D eigenvalue weighted by Gasteiger charge is 2.23. The van der Waals surface area contributed by atoms with Crippen molar-refractivity contribution in [1.82, 2.24) is 0 Å². The summed E-state index contributed by atoms with van der Waals surface area (Å²) in [6, 6.07) is 85.6. The van der Waals surface area contributed by atoms with Crippen LogP contribution in [0.5, 0.6) is 0 Å². The van der Waals surface area contributed by atoms with Gasteiger partial charge in [0.15, 0.2) is 0 Å². The van der Waals surface area contributed by atoms with Gasteiger partial charge in [0.25, 0.3) is 0 Å². The summed E-state index contributed by atoms with van der Waals surface area (Å²) in [5, 5.41) is 4.78. The second kappa shape index (κ2) is 18.6. The quantitative estimate of drug-likeness (QED) is 0.126. The number of benzene rings is 11. The van der Waals surface area contributed by atoms with Gasteiger partial charge in [-0.25, -0.2) is 0 Å². The van der Waals surface area contributed by atoms with Crippen molar-refractivity contribution in [2.24, 2.45) is 0 Å². The standard InChI is InChI=1S/C68H56N2/c1-45-17-29-57(30-18-45)69(61-39-47(3)37-48(4)40-61)59-33-35-63-65(43-59)67(55-25-21-53(22-26-55)51-13-9-7-10-14-51)64-36-34-60(70(58-31-19-46(2)20-32-58)62-41-49(5)38-50(6)42-62)44-66(64)68(63)56-27-23-54(24-28-56)52-15-11-8-12-16-52/h7-44H,1-6H3. The molecule has 0 aromatic heterocycles. The number of hydrogen-bond acceptors (Lipinski definition) is 2. The third kappa shape index (κ3) is 8.66. The van der Waals surface area contributed by atoms with Crippen molar-refractivity contribution in [3.8, 4) is 44.5 Å². The van der Waals surface area contributed by atoms with E-state index in [4.69, 9.17) is 0 Å².